The van der Waals surface area contributed by atoms with E-state index in [2.05, 4.69) is 107 Å². The number of rotatable bonds is 4. The summed E-state index contributed by atoms with van der Waals surface area (Å²) < 4.78 is 6.42. The predicted octanol–water partition coefficient (Wildman–Crippen LogP) is 11.1. The molecule has 2 aliphatic rings. The van der Waals surface area contributed by atoms with Gasteiger partial charge >= 0.3 is 11.5 Å². The zero-order valence-electron chi connectivity index (χ0n) is 28.2. The van der Waals surface area contributed by atoms with Gasteiger partial charge in [-0.3, -0.25) is 4.79 Å². The van der Waals surface area contributed by atoms with Crippen LogP contribution in [-0.4, -0.2) is 10.9 Å². The third-order valence-corrected chi connectivity index (χ3v) is 9.61. The van der Waals surface area contributed by atoms with Crippen LogP contribution in [0.4, 0.5) is 0 Å². The Labute approximate surface area is 263 Å². The van der Waals surface area contributed by atoms with Crippen LogP contribution < -0.4 is 0 Å². The largest absolute Gasteiger partial charge is 0.506 e. The lowest BCUT2D eigenvalue weighted by Crippen LogP contribution is -2.24. The van der Waals surface area contributed by atoms with Crippen molar-refractivity contribution in [3.05, 3.63) is 116 Å². The molecule has 0 radical (unpaired) electrons. The van der Waals surface area contributed by atoms with Gasteiger partial charge in [0.15, 0.2) is 0 Å². The average Bonchev–Trinajstić information content (AvgIpc) is 2.89. The molecule has 2 aromatic rings. The van der Waals surface area contributed by atoms with Crippen LogP contribution in [0.5, 0.6) is 0 Å². The molecule has 0 atom stereocenters. The van der Waals surface area contributed by atoms with Crippen molar-refractivity contribution in [3.8, 4) is 0 Å². The molecular formula is C39H49O3S+. The molecule has 1 N–H and O–H groups in total. The Bertz CT molecular complexity index is 1520. The fourth-order valence-corrected chi connectivity index (χ4v) is 6.14. The fraction of sp³-hybridized carbons (Fsp3) is 0.436. The summed E-state index contributed by atoms with van der Waals surface area (Å²) in [7, 11) is 0. The summed E-state index contributed by atoms with van der Waals surface area (Å²) in [6.45, 7) is 26.0. The summed E-state index contributed by atoms with van der Waals surface area (Å²) in [5.74, 6) is 1.63. The van der Waals surface area contributed by atoms with Gasteiger partial charge in [-0.2, -0.15) is 0 Å². The Balaban J connectivity index is 1.94. The number of Topliss-reactive ketones (excluding diaryl/α,β-unsaturated/α-hetero) is 1. The lowest BCUT2D eigenvalue weighted by Gasteiger charge is -2.32. The van der Waals surface area contributed by atoms with Gasteiger partial charge in [-0.1, -0.05) is 83.6 Å². The van der Waals surface area contributed by atoms with Crippen molar-refractivity contribution in [3.63, 3.8) is 0 Å². The van der Waals surface area contributed by atoms with E-state index >= 15 is 0 Å². The van der Waals surface area contributed by atoms with Gasteiger partial charge in [0.05, 0.1) is 22.0 Å². The maximum Gasteiger partial charge on any atom is 0.335 e. The lowest BCUT2D eigenvalue weighted by molar-refractivity contribution is -0.113. The SMILES string of the molecule is CC(C)(C)C1=CC(=CC2=C(O)C(=C(Cc3ccccc3)c3cc(C(C)(C)C)[o+]c(C(C)(C)C)c3)C2=O)C=C(C(C)(C)C)S1. The molecule has 1 aliphatic heterocycles. The second-order valence-corrected chi connectivity index (χ2v) is 17.0. The highest BCUT2D eigenvalue weighted by atomic mass is 32.2. The molecule has 4 heteroatoms. The zero-order valence-corrected chi connectivity index (χ0v) is 29.0. The van der Waals surface area contributed by atoms with Crippen LogP contribution in [0.1, 0.15) is 106 Å². The van der Waals surface area contributed by atoms with E-state index in [-0.39, 0.29) is 33.2 Å². The number of hydrogen-bond donors (Lipinski definition) is 1. The first-order valence-corrected chi connectivity index (χ1v) is 16.1. The van der Waals surface area contributed by atoms with E-state index in [1.54, 1.807) is 0 Å². The molecule has 1 aliphatic carbocycles. The monoisotopic (exact) mass is 597 g/mol. The number of hydrogen-bond acceptors (Lipinski definition) is 3. The molecule has 2 heterocycles. The van der Waals surface area contributed by atoms with Crippen molar-refractivity contribution in [1.29, 1.82) is 0 Å². The second-order valence-electron chi connectivity index (χ2n) is 15.9. The minimum Gasteiger partial charge on any atom is -0.506 e. The van der Waals surface area contributed by atoms with E-state index in [1.165, 1.54) is 9.81 Å². The molecule has 1 aromatic carbocycles. The molecule has 0 amide bonds. The van der Waals surface area contributed by atoms with Crippen molar-refractivity contribution in [2.24, 2.45) is 10.8 Å². The number of carbonyl (C=O) groups excluding carboxylic acids is 1. The van der Waals surface area contributed by atoms with E-state index in [0.717, 1.165) is 33.8 Å². The van der Waals surface area contributed by atoms with E-state index in [1.807, 2.05) is 48.2 Å². The fourth-order valence-electron chi connectivity index (χ4n) is 4.90. The van der Waals surface area contributed by atoms with Gasteiger partial charge in [0, 0.05) is 12.1 Å². The van der Waals surface area contributed by atoms with Gasteiger partial charge < -0.3 is 5.11 Å². The van der Waals surface area contributed by atoms with Crippen molar-refractivity contribution < 1.29 is 14.3 Å². The van der Waals surface area contributed by atoms with Gasteiger partial charge in [0.1, 0.15) is 5.76 Å². The van der Waals surface area contributed by atoms with Crippen molar-refractivity contribution in [1.82, 2.24) is 0 Å². The second kappa shape index (κ2) is 11.4. The Hall–Kier alpha value is -3.11. The predicted molar refractivity (Wildman–Crippen MR) is 183 cm³/mol. The minimum atomic E-state index is -0.233. The lowest BCUT2D eigenvalue weighted by atomic mass is 9.78. The molecule has 0 saturated carbocycles. The van der Waals surface area contributed by atoms with Crippen molar-refractivity contribution in [2.75, 3.05) is 0 Å². The highest BCUT2D eigenvalue weighted by Gasteiger charge is 2.39. The number of carbonyl (C=O) groups is 1. The van der Waals surface area contributed by atoms with Gasteiger partial charge in [-0.15, -0.1) is 0 Å². The van der Waals surface area contributed by atoms with Crippen LogP contribution in [0.15, 0.2) is 97.4 Å². The molecule has 228 valence electrons. The molecule has 43 heavy (non-hydrogen) atoms. The molecule has 0 fully saturated rings. The summed E-state index contributed by atoms with van der Waals surface area (Å²) in [4.78, 5) is 16.5. The van der Waals surface area contributed by atoms with E-state index < -0.39 is 0 Å². The summed E-state index contributed by atoms with van der Waals surface area (Å²) in [5.41, 5.74) is 3.97. The topological polar surface area (TPSA) is 48.6 Å². The van der Waals surface area contributed by atoms with Crippen molar-refractivity contribution >= 4 is 23.1 Å². The minimum absolute atomic E-state index is 0.0314. The molecule has 3 nitrogen and oxygen atoms in total. The Morgan fingerprint density at radius 3 is 1.67 bits per heavy atom. The summed E-state index contributed by atoms with van der Waals surface area (Å²) in [6.07, 6.45) is 6.69. The number of aliphatic hydroxyl groups excluding tert-OH is 1. The maximum atomic E-state index is 14.0. The van der Waals surface area contributed by atoms with Gasteiger partial charge in [0.2, 0.25) is 5.78 Å². The molecular weight excluding hydrogens is 548 g/mol. The number of ketones is 1. The van der Waals surface area contributed by atoms with E-state index in [4.69, 9.17) is 4.42 Å². The first-order chi connectivity index (χ1) is 19.7. The number of allylic oxidation sites excluding steroid dienone is 9. The maximum absolute atomic E-state index is 14.0. The molecule has 0 unspecified atom stereocenters. The molecule has 1 aromatic heterocycles. The summed E-state index contributed by atoms with van der Waals surface area (Å²) in [5, 5.41) is 11.6. The summed E-state index contributed by atoms with van der Waals surface area (Å²) >= 11 is 1.81. The highest BCUT2D eigenvalue weighted by Crippen LogP contribution is 2.49. The van der Waals surface area contributed by atoms with Crippen LogP contribution in [-0.2, 0) is 22.0 Å². The van der Waals surface area contributed by atoms with Gasteiger partial charge in [0.25, 0.3) is 0 Å². The van der Waals surface area contributed by atoms with Gasteiger partial charge in [-0.05, 0) is 109 Å². The molecule has 4 rings (SSSR count). The molecule has 0 bridgehead atoms. The first kappa shape index (κ1) is 32.8. The van der Waals surface area contributed by atoms with Crippen LogP contribution in [0.3, 0.4) is 0 Å². The van der Waals surface area contributed by atoms with E-state index in [0.29, 0.717) is 17.6 Å². The third-order valence-electron chi connectivity index (χ3n) is 7.71. The first-order valence-electron chi connectivity index (χ1n) is 15.2. The zero-order chi connectivity index (χ0) is 32.1. The van der Waals surface area contributed by atoms with E-state index in [9.17, 15) is 9.90 Å². The van der Waals surface area contributed by atoms with Gasteiger partial charge in [-0.25, -0.2) is 4.42 Å². The number of aliphatic hydroxyl groups is 1. The third kappa shape index (κ3) is 7.34. The van der Waals surface area contributed by atoms with Crippen LogP contribution in [0, 0.1) is 10.8 Å². The number of thioether (sulfide) groups is 1. The number of benzene rings is 1. The van der Waals surface area contributed by atoms with Crippen LogP contribution in [0.25, 0.3) is 5.57 Å². The smallest absolute Gasteiger partial charge is 0.335 e. The van der Waals surface area contributed by atoms with Crippen LogP contribution >= 0.6 is 11.8 Å². The van der Waals surface area contributed by atoms with Crippen molar-refractivity contribution in [2.45, 2.75) is 100 Å². The Morgan fingerprint density at radius 1 is 0.767 bits per heavy atom. The van der Waals surface area contributed by atoms with Crippen LogP contribution in [0.2, 0.25) is 0 Å². The highest BCUT2D eigenvalue weighted by molar-refractivity contribution is 8.06. The summed E-state index contributed by atoms with van der Waals surface area (Å²) in [6, 6.07) is 14.2. The average molecular weight is 598 g/mol. The standard InChI is InChI=1S/C39H48O3S/c1-36(2,3)29-22-26(23-30(42-29)37(4,5)6)27(18-24-16-14-13-15-17-24)33-34(40)28(35(33)41)19-25-20-31(38(7,8)9)43-32(21-25)39(10,11)12/h13-17,19-23H,18H2,1-12H3/p+1. The normalized spacial score (nSPS) is 17.9. The Morgan fingerprint density at radius 2 is 1.26 bits per heavy atom. The molecule has 0 spiro atoms. The quantitative estimate of drug-likeness (QED) is 0.281. The Kier molecular flexibility index (Phi) is 8.72. The molecule has 0 saturated heterocycles.